The van der Waals surface area contributed by atoms with Crippen LogP contribution in [-0.2, 0) is 6.54 Å². The van der Waals surface area contributed by atoms with Crippen molar-refractivity contribution < 1.29 is 0 Å². The fourth-order valence-electron chi connectivity index (χ4n) is 1.47. The Hall–Kier alpha value is -1.48. The molecule has 76 valence electrons. The minimum absolute atomic E-state index is 0.682. The first-order valence-electron chi connectivity index (χ1n) is 4.73. The third-order valence-corrected chi connectivity index (χ3v) is 3.23. The molecule has 0 atom stereocenters. The minimum atomic E-state index is 0.682. The maximum atomic E-state index is 4.24. The standard InChI is InChI=1S/C12H12N2S/c1-9-12(15-8-14-9)11-5-3-10(4-6-11)7-13-2/h3-6,8H,2,7H2,1H3. The van der Waals surface area contributed by atoms with Crippen molar-refractivity contribution in [2.45, 2.75) is 13.5 Å². The Balaban J connectivity index is 2.31. The highest BCUT2D eigenvalue weighted by Gasteiger charge is 2.03. The van der Waals surface area contributed by atoms with E-state index in [0.29, 0.717) is 6.54 Å². The third-order valence-electron chi connectivity index (χ3n) is 2.26. The summed E-state index contributed by atoms with van der Waals surface area (Å²) in [5, 5.41) is 0. The summed E-state index contributed by atoms with van der Waals surface area (Å²) >= 11 is 1.67. The average Bonchev–Trinajstić information content (AvgIpc) is 2.66. The number of aliphatic imine (C=N–C) groups is 1. The molecule has 0 aliphatic rings. The largest absolute Gasteiger partial charge is 0.296 e. The second kappa shape index (κ2) is 4.36. The number of benzene rings is 1. The smallest absolute Gasteiger partial charge is 0.0801 e. The van der Waals surface area contributed by atoms with E-state index >= 15 is 0 Å². The van der Waals surface area contributed by atoms with Crippen molar-refractivity contribution in [1.29, 1.82) is 0 Å². The monoisotopic (exact) mass is 216 g/mol. The number of rotatable bonds is 3. The van der Waals surface area contributed by atoms with Crippen LogP contribution in [0.2, 0.25) is 0 Å². The van der Waals surface area contributed by atoms with Crippen LogP contribution in [0.15, 0.2) is 34.8 Å². The maximum absolute atomic E-state index is 4.24. The summed E-state index contributed by atoms with van der Waals surface area (Å²) in [7, 11) is 0. The first-order chi connectivity index (χ1) is 7.31. The molecule has 0 saturated carbocycles. The molecule has 0 bridgehead atoms. The Kier molecular flexibility index (Phi) is 2.92. The van der Waals surface area contributed by atoms with Gasteiger partial charge >= 0.3 is 0 Å². The van der Waals surface area contributed by atoms with Gasteiger partial charge in [0.25, 0.3) is 0 Å². The molecule has 15 heavy (non-hydrogen) atoms. The first kappa shape index (κ1) is 10.1. The minimum Gasteiger partial charge on any atom is -0.296 e. The van der Waals surface area contributed by atoms with Crippen LogP contribution in [-0.4, -0.2) is 11.7 Å². The predicted molar refractivity (Wildman–Crippen MR) is 65.5 cm³/mol. The second-order valence-corrected chi connectivity index (χ2v) is 4.20. The molecule has 1 aromatic heterocycles. The molecule has 0 aliphatic heterocycles. The third kappa shape index (κ3) is 2.13. The van der Waals surface area contributed by atoms with Crippen molar-refractivity contribution in [3.05, 3.63) is 41.0 Å². The molecule has 0 aliphatic carbocycles. The van der Waals surface area contributed by atoms with Gasteiger partial charge in [-0.1, -0.05) is 24.3 Å². The van der Waals surface area contributed by atoms with Crippen molar-refractivity contribution in [3.63, 3.8) is 0 Å². The van der Waals surface area contributed by atoms with E-state index in [1.807, 2.05) is 12.4 Å². The van der Waals surface area contributed by atoms with Gasteiger partial charge in [-0.05, 0) is 24.8 Å². The van der Waals surface area contributed by atoms with Gasteiger partial charge in [0.1, 0.15) is 0 Å². The van der Waals surface area contributed by atoms with Gasteiger partial charge in [-0.15, -0.1) is 11.3 Å². The lowest BCUT2D eigenvalue weighted by atomic mass is 10.1. The van der Waals surface area contributed by atoms with Crippen molar-refractivity contribution in [3.8, 4) is 10.4 Å². The fourth-order valence-corrected chi connectivity index (χ4v) is 2.28. The Morgan fingerprint density at radius 3 is 2.60 bits per heavy atom. The van der Waals surface area contributed by atoms with Crippen molar-refractivity contribution in [2.75, 3.05) is 0 Å². The Bertz CT molecular complexity index is 457. The zero-order chi connectivity index (χ0) is 10.7. The van der Waals surface area contributed by atoms with E-state index in [4.69, 9.17) is 0 Å². The zero-order valence-corrected chi connectivity index (χ0v) is 9.42. The van der Waals surface area contributed by atoms with E-state index in [2.05, 4.69) is 41.0 Å². The molecule has 0 saturated heterocycles. The number of aryl methyl sites for hydroxylation is 1. The van der Waals surface area contributed by atoms with Crippen LogP contribution < -0.4 is 0 Å². The number of thiazole rings is 1. The van der Waals surface area contributed by atoms with Crippen LogP contribution in [0.25, 0.3) is 10.4 Å². The van der Waals surface area contributed by atoms with E-state index < -0.39 is 0 Å². The Labute approximate surface area is 93.3 Å². The highest BCUT2D eigenvalue weighted by atomic mass is 32.1. The molecule has 2 nitrogen and oxygen atoms in total. The molecule has 2 rings (SSSR count). The van der Waals surface area contributed by atoms with E-state index in [0.717, 1.165) is 5.69 Å². The highest BCUT2D eigenvalue weighted by molar-refractivity contribution is 7.13. The molecule has 0 spiro atoms. The first-order valence-corrected chi connectivity index (χ1v) is 5.61. The van der Waals surface area contributed by atoms with Gasteiger partial charge in [-0.2, -0.15) is 0 Å². The van der Waals surface area contributed by atoms with Crippen LogP contribution in [0.1, 0.15) is 11.3 Å². The quantitative estimate of drug-likeness (QED) is 0.722. The van der Waals surface area contributed by atoms with E-state index in [1.165, 1.54) is 16.0 Å². The van der Waals surface area contributed by atoms with E-state index in [-0.39, 0.29) is 0 Å². The summed E-state index contributed by atoms with van der Waals surface area (Å²) in [6.45, 7) is 6.20. The lowest BCUT2D eigenvalue weighted by molar-refractivity contribution is 1.08. The second-order valence-electron chi connectivity index (χ2n) is 3.35. The van der Waals surface area contributed by atoms with Gasteiger partial charge in [0, 0.05) is 0 Å². The molecule has 1 aromatic carbocycles. The molecule has 3 heteroatoms. The predicted octanol–water partition coefficient (Wildman–Crippen LogP) is 3.32. The van der Waals surface area contributed by atoms with Crippen molar-refractivity contribution in [2.24, 2.45) is 4.99 Å². The van der Waals surface area contributed by atoms with E-state index in [1.54, 1.807) is 11.3 Å². The van der Waals surface area contributed by atoms with Crippen LogP contribution >= 0.6 is 11.3 Å². The summed E-state index contributed by atoms with van der Waals surface area (Å²) in [5.74, 6) is 0. The van der Waals surface area contributed by atoms with Crippen LogP contribution in [0.4, 0.5) is 0 Å². The van der Waals surface area contributed by atoms with Gasteiger partial charge in [-0.25, -0.2) is 4.98 Å². The summed E-state index contributed by atoms with van der Waals surface area (Å²) in [6.07, 6.45) is 0. The number of hydrogen-bond acceptors (Lipinski definition) is 3. The molecule has 2 aromatic rings. The summed E-state index contributed by atoms with van der Waals surface area (Å²) in [5.41, 5.74) is 5.39. The molecule has 0 unspecified atom stereocenters. The van der Waals surface area contributed by atoms with Crippen molar-refractivity contribution >= 4 is 18.1 Å². The maximum Gasteiger partial charge on any atom is 0.0801 e. The topological polar surface area (TPSA) is 25.2 Å². The number of hydrogen-bond donors (Lipinski definition) is 0. The van der Waals surface area contributed by atoms with E-state index in [9.17, 15) is 0 Å². The Morgan fingerprint density at radius 1 is 1.33 bits per heavy atom. The zero-order valence-electron chi connectivity index (χ0n) is 8.60. The molecular weight excluding hydrogens is 204 g/mol. The SMILES string of the molecule is C=NCc1ccc(-c2scnc2C)cc1. The lowest BCUT2D eigenvalue weighted by Crippen LogP contribution is -1.82. The average molecular weight is 216 g/mol. The van der Waals surface area contributed by atoms with Crippen LogP contribution in [0.3, 0.4) is 0 Å². The summed E-state index contributed by atoms with van der Waals surface area (Å²) < 4.78 is 0. The summed E-state index contributed by atoms with van der Waals surface area (Å²) in [4.78, 5) is 9.34. The molecule has 1 heterocycles. The molecule has 0 N–H and O–H groups in total. The van der Waals surface area contributed by atoms with Gasteiger partial charge < -0.3 is 0 Å². The molecular formula is C12H12N2S. The summed E-state index contributed by atoms with van der Waals surface area (Å²) in [6, 6.07) is 8.40. The molecule has 0 amide bonds. The van der Waals surface area contributed by atoms with Gasteiger partial charge in [-0.3, -0.25) is 4.99 Å². The molecule has 0 fully saturated rings. The lowest BCUT2D eigenvalue weighted by Gasteiger charge is -2.00. The van der Waals surface area contributed by atoms with Gasteiger partial charge in [0.15, 0.2) is 0 Å². The normalized spacial score (nSPS) is 10.2. The number of aromatic nitrogens is 1. The highest BCUT2D eigenvalue weighted by Crippen LogP contribution is 2.27. The van der Waals surface area contributed by atoms with Gasteiger partial charge in [0.2, 0.25) is 0 Å². The van der Waals surface area contributed by atoms with Crippen molar-refractivity contribution in [1.82, 2.24) is 4.98 Å². The van der Waals surface area contributed by atoms with Crippen LogP contribution in [0.5, 0.6) is 0 Å². The molecule has 0 radical (unpaired) electrons. The fraction of sp³-hybridized carbons (Fsp3) is 0.167. The van der Waals surface area contributed by atoms with Crippen LogP contribution in [0, 0.1) is 6.92 Å². The number of nitrogens with zero attached hydrogens (tertiary/aromatic N) is 2. The van der Waals surface area contributed by atoms with Gasteiger partial charge in [0.05, 0.1) is 22.6 Å². The Morgan fingerprint density at radius 2 is 2.07 bits per heavy atom.